The molecule has 0 saturated carbocycles. The normalized spacial score (nSPS) is 15.1. The number of ether oxygens (including phenoxy) is 1. The highest BCUT2D eigenvalue weighted by molar-refractivity contribution is 7.91. The molecule has 2 heterocycles. The van der Waals surface area contributed by atoms with Crippen molar-refractivity contribution in [1.82, 2.24) is 14.9 Å². The van der Waals surface area contributed by atoms with Crippen LogP contribution in [0, 0.1) is 0 Å². The second-order valence-electron chi connectivity index (χ2n) is 9.85. The van der Waals surface area contributed by atoms with E-state index in [0.717, 1.165) is 48.0 Å². The number of methoxy groups -OCH3 is 1. The molecule has 1 atom stereocenters. The van der Waals surface area contributed by atoms with Crippen molar-refractivity contribution in [2.45, 2.75) is 36.1 Å². The van der Waals surface area contributed by atoms with Gasteiger partial charge in [0.05, 0.1) is 25.0 Å². The summed E-state index contributed by atoms with van der Waals surface area (Å²) in [5.41, 5.74) is 4.37. The summed E-state index contributed by atoms with van der Waals surface area (Å²) >= 11 is 0.317. The van der Waals surface area contributed by atoms with Crippen molar-refractivity contribution in [2.24, 2.45) is 0 Å². The van der Waals surface area contributed by atoms with Crippen LogP contribution in [0.15, 0.2) is 95.2 Å². The summed E-state index contributed by atoms with van der Waals surface area (Å²) in [7, 11) is 1.58. The third kappa shape index (κ3) is 7.53. The zero-order valence-electron chi connectivity index (χ0n) is 22.7. The lowest BCUT2D eigenvalue weighted by Crippen LogP contribution is -2.45. The number of amides is 1. The molecule has 1 aromatic heterocycles. The molecular formula is C32H35N3O3S2. The first-order chi connectivity index (χ1) is 19.6. The summed E-state index contributed by atoms with van der Waals surface area (Å²) in [5, 5.41) is 6.64. The summed E-state index contributed by atoms with van der Waals surface area (Å²) in [5.74, 6) is 0.489. The number of carbonyl (C=O) groups excluding carboxylic acids is 1. The fourth-order valence-electron chi connectivity index (χ4n) is 4.85. The van der Waals surface area contributed by atoms with Gasteiger partial charge in [0.15, 0.2) is 0 Å². The van der Waals surface area contributed by atoms with E-state index in [-0.39, 0.29) is 5.91 Å². The predicted molar refractivity (Wildman–Crippen MR) is 163 cm³/mol. The molecule has 8 heteroatoms. The molecule has 4 aromatic rings. The number of nitrogens with zero attached hydrogens (tertiary/aromatic N) is 1. The molecule has 1 saturated heterocycles. The van der Waals surface area contributed by atoms with Crippen LogP contribution in [0.1, 0.15) is 33.6 Å². The third-order valence-electron chi connectivity index (χ3n) is 7.16. The Morgan fingerprint density at radius 2 is 1.73 bits per heavy atom. The van der Waals surface area contributed by atoms with E-state index in [9.17, 15) is 9.35 Å². The number of nitrogens with one attached hydrogen (secondary N) is 2. The summed E-state index contributed by atoms with van der Waals surface area (Å²) in [4.78, 5) is 13.5. The maximum absolute atomic E-state index is 13.2. The van der Waals surface area contributed by atoms with Crippen LogP contribution < -0.4 is 15.4 Å². The second kappa shape index (κ2) is 14.0. The minimum absolute atomic E-state index is 0.159. The van der Waals surface area contributed by atoms with Gasteiger partial charge >= 0.3 is 0 Å². The molecule has 0 radical (unpaired) electrons. The Kier molecular flexibility index (Phi) is 9.91. The highest BCUT2D eigenvalue weighted by Gasteiger charge is 2.29. The van der Waals surface area contributed by atoms with E-state index < -0.39 is 11.4 Å². The first-order valence-corrected chi connectivity index (χ1v) is 15.6. The van der Waals surface area contributed by atoms with Gasteiger partial charge in [-0.05, 0) is 66.8 Å². The van der Waals surface area contributed by atoms with Crippen LogP contribution in [0.4, 0.5) is 0 Å². The van der Waals surface area contributed by atoms with Crippen LogP contribution in [-0.4, -0.2) is 47.6 Å². The standard InChI is InChI=1S/C32H35N3O3S2/c1-38-29-9-5-8-27(22-29)32(36)34-23-30-14-15-31(39-30)40(37)35-20-17-28(18-21-35)33-19-16-24-10-12-26(13-11-24)25-6-3-2-4-7-25/h2-15,22,28,33H,16-21,23H2,1H3,(H,34,36). The van der Waals surface area contributed by atoms with Crippen molar-refractivity contribution >= 4 is 28.6 Å². The van der Waals surface area contributed by atoms with Gasteiger partial charge in [0.2, 0.25) is 4.21 Å². The van der Waals surface area contributed by atoms with Crippen molar-refractivity contribution in [3.63, 3.8) is 0 Å². The molecule has 3 aromatic carbocycles. The van der Waals surface area contributed by atoms with Crippen molar-refractivity contribution in [3.8, 4) is 16.9 Å². The Morgan fingerprint density at radius 3 is 2.48 bits per heavy atom. The second-order valence-corrected chi connectivity index (χ2v) is 12.7. The van der Waals surface area contributed by atoms with Crippen LogP contribution in [-0.2, 0) is 24.3 Å². The number of carbonyl (C=O) groups is 1. The van der Waals surface area contributed by atoms with Crippen molar-refractivity contribution < 1.29 is 14.1 Å². The fraction of sp³-hybridized carbons (Fsp3) is 0.281. The van der Waals surface area contributed by atoms with Crippen molar-refractivity contribution in [3.05, 3.63) is 107 Å². The molecule has 1 amide bonds. The number of hydrogen-bond acceptors (Lipinski definition) is 6. The molecule has 40 heavy (non-hydrogen) atoms. The molecule has 6 nitrogen and oxygen atoms in total. The molecule has 5 rings (SSSR count). The fourth-order valence-corrected chi connectivity index (χ4v) is 7.43. The molecule has 1 unspecified atom stereocenters. The first-order valence-electron chi connectivity index (χ1n) is 13.6. The van der Waals surface area contributed by atoms with E-state index >= 15 is 0 Å². The molecule has 0 spiro atoms. The maximum atomic E-state index is 13.2. The van der Waals surface area contributed by atoms with Crippen molar-refractivity contribution in [2.75, 3.05) is 26.7 Å². The van der Waals surface area contributed by atoms with Crippen LogP contribution >= 0.6 is 11.3 Å². The van der Waals surface area contributed by atoms with Gasteiger partial charge in [-0.3, -0.25) is 4.79 Å². The topological polar surface area (TPSA) is 76.7 Å². The Labute approximate surface area is 243 Å². The lowest BCUT2D eigenvalue weighted by Gasteiger charge is -2.31. The minimum Gasteiger partial charge on any atom is -0.592 e. The van der Waals surface area contributed by atoms with E-state index in [1.807, 2.05) is 24.3 Å². The van der Waals surface area contributed by atoms with E-state index in [4.69, 9.17) is 4.74 Å². The Bertz CT molecular complexity index is 1370. The quantitative estimate of drug-likeness (QED) is 0.226. The molecule has 0 aliphatic carbocycles. The highest BCUT2D eigenvalue weighted by atomic mass is 32.2. The molecule has 2 N–H and O–H groups in total. The molecular weight excluding hydrogens is 539 g/mol. The zero-order valence-corrected chi connectivity index (χ0v) is 24.3. The number of rotatable bonds is 11. The van der Waals surface area contributed by atoms with Crippen LogP contribution in [0.25, 0.3) is 11.1 Å². The average Bonchev–Trinajstić information content (AvgIpc) is 3.50. The van der Waals surface area contributed by atoms with Gasteiger partial charge in [-0.2, -0.15) is 0 Å². The van der Waals surface area contributed by atoms with Crippen molar-refractivity contribution in [1.29, 1.82) is 0 Å². The van der Waals surface area contributed by atoms with Gasteiger partial charge in [0.1, 0.15) is 5.75 Å². The minimum atomic E-state index is -1.18. The number of piperidine rings is 1. The summed E-state index contributed by atoms with van der Waals surface area (Å²) in [6.07, 6.45) is 2.95. The number of hydrogen-bond donors (Lipinski definition) is 2. The van der Waals surface area contributed by atoms with E-state index in [2.05, 4.69) is 63.5 Å². The monoisotopic (exact) mass is 573 g/mol. The van der Waals surface area contributed by atoms with Gasteiger partial charge in [0, 0.05) is 35.6 Å². The molecule has 1 fully saturated rings. The van der Waals surface area contributed by atoms with Crippen LogP contribution in [0.2, 0.25) is 0 Å². The predicted octanol–water partition coefficient (Wildman–Crippen LogP) is 5.67. The zero-order chi connectivity index (χ0) is 27.7. The molecule has 1 aliphatic rings. The summed E-state index contributed by atoms with van der Waals surface area (Å²) in [6.45, 7) is 2.94. The SMILES string of the molecule is COc1cccc(C(=O)NCc2ccc([S+]([O-])N3CCC(NCCc4ccc(-c5ccccc5)cc4)CC3)s2)c1. The van der Waals surface area contributed by atoms with Gasteiger partial charge in [0.25, 0.3) is 5.91 Å². The van der Waals surface area contributed by atoms with Crippen LogP contribution in [0.3, 0.4) is 0 Å². The summed E-state index contributed by atoms with van der Waals surface area (Å²) < 4.78 is 21.3. The van der Waals surface area contributed by atoms with E-state index in [1.165, 1.54) is 28.0 Å². The summed E-state index contributed by atoms with van der Waals surface area (Å²) in [6, 6.07) is 30.7. The largest absolute Gasteiger partial charge is 0.592 e. The van der Waals surface area contributed by atoms with E-state index in [0.29, 0.717) is 23.9 Å². The Balaban J connectivity index is 1.03. The van der Waals surface area contributed by atoms with Crippen LogP contribution in [0.5, 0.6) is 5.75 Å². The van der Waals surface area contributed by atoms with E-state index in [1.54, 1.807) is 25.3 Å². The van der Waals surface area contributed by atoms with Gasteiger partial charge in [-0.25, -0.2) is 0 Å². The Hall–Kier alpha value is -3.14. The smallest absolute Gasteiger partial charge is 0.251 e. The number of benzene rings is 3. The third-order valence-corrected chi connectivity index (χ3v) is 10.0. The Morgan fingerprint density at radius 1 is 0.975 bits per heavy atom. The molecule has 1 aliphatic heterocycles. The van der Waals surface area contributed by atoms with Gasteiger partial charge < -0.3 is 19.9 Å². The average molecular weight is 574 g/mol. The molecule has 208 valence electrons. The van der Waals surface area contributed by atoms with Gasteiger partial charge in [-0.15, -0.1) is 4.31 Å². The maximum Gasteiger partial charge on any atom is 0.251 e. The number of thiophene rings is 1. The first kappa shape index (κ1) is 28.4. The molecule has 0 bridgehead atoms. The lowest BCUT2D eigenvalue weighted by molar-refractivity contribution is 0.0951. The van der Waals surface area contributed by atoms with Gasteiger partial charge in [-0.1, -0.05) is 72.0 Å². The highest BCUT2D eigenvalue weighted by Crippen LogP contribution is 2.27. The lowest BCUT2D eigenvalue weighted by atomic mass is 10.0.